The number of carbonyl (C=O) groups excluding carboxylic acids is 1. The predicted octanol–water partition coefficient (Wildman–Crippen LogP) is 4.01. The van der Waals surface area contributed by atoms with Gasteiger partial charge in [-0.25, -0.2) is 0 Å². The number of nitrogens with zero attached hydrogens (tertiary/aromatic N) is 2. The van der Waals surface area contributed by atoms with Gasteiger partial charge in [0.15, 0.2) is 5.17 Å². The van der Waals surface area contributed by atoms with Gasteiger partial charge in [-0.3, -0.25) is 19.0 Å². The van der Waals surface area contributed by atoms with Crippen LogP contribution in [0.1, 0.15) is 10.4 Å². The minimum absolute atomic E-state index is 0.138. The zero-order chi connectivity index (χ0) is 19.1. The first-order valence-corrected chi connectivity index (χ1v) is 10.7. The number of thioether (sulfide) groups is 1. The maximum Gasteiger partial charge on any atom is 0.263 e. The van der Waals surface area contributed by atoms with Crippen molar-refractivity contribution in [3.05, 3.63) is 76.0 Å². The third-order valence-corrected chi connectivity index (χ3v) is 6.51. The highest BCUT2D eigenvalue weighted by Crippen LogP contribution is 2.29. The van der Waals surface area contributed by atoms with Crippen LogP contribution < -0.4 is 10.9 Å². The van der Waals surface area contributed by atoms with Gasteiger partial charge in [-0.1, -0.05) is 42.1 Å². The molecule has 7 heteroatoms. The van der Waals surface area contributed by atoms with E-state index in [9.17, 15) is 9.59 Å². The van der Waals surface area contributed by atoms with Crippen LogP contribution in [0.4, 0.5) is 0 Å². The highest BCUT2D eigenvalue weighted by atomic mass is 32.2. The Balaban J connectivity index is 1.80. The van der Waals surface area contributed by atoms with Crippen LogP contribution >= 0.6 is 23.1 Å². The molecule has 4 aromatic rings. The molecule has 0 atom stereocenters. The van der Waals surface area contributed by atoms with Gasteiger partial charge >= 0.3 is 0 Å². The van der Waals surface area contributed by atoms with E-state index in [2.05, 4.69) is 10.3 Å². The summed E-state index contributed by atoms with van der Waals surface area (Å²) in [7, 11) is 0. The topological polar surface area (TPSA) is 62.9 Å². The Hall–Kier alpha value is -2.90. The minimum atomic E-state index is -0.247. The molecule has 138 valence electrons. The Bertz CT molecular complexity index is 1310. The lowest BCUT2D eigenvalue weighted by Gasteiger charge is -2.12. The number of carbonyl (C=O) groups is 1. The number of hydrogen-bond acceptors (Lipinski definition) is 5. The van der Waals surface area contributed by atoms with Gasteiger partial charge in [-0.05, 0) is 34.5 Å². The van der Waals surface area contributed by atoms with E-state index in [1.165, 1.54) is 23.1 Å². The molecule has 1 aliphatic heterocycles. The van der Waals surface area contributed by atoms with Crippen molar-refractivity contribution in [3.8, 4) is 11.1 Å². The third kappa shape index (κ3) is 2.83. The molecule has 0 saturated heterocycles. The maximum atomic E-state index is 13.2. The molecule has 0 fully saturated rings. The van der Waals surface area contributed by atoms with E-state index < -0.39 is 0 Å². The van der Waals surface area contributed by atoms with Gasteiger partial charge in [0.2, 0.25) is 0 Å². The molecule has 1 N–H and O–H groups in total. The predicted molar refractivity (Wildman–Crippen MR) is 117 cm³/mol. The van der Waals surface area contributed by atoms with Crippen molar-refractivity contribution < 1.29 is 4.79 Å². The first-order valence-electron chi connectivity index (χ1n) is 8.82. The normalized spacial score (nSPS) is 13.8. The summed E-state index contributed by atoms with van der Waals surface area (Å²) in [5.41, 5.74) is 2.26. The number of rotatable bonds is 2. The lowest BCUT2D eigenvalue weighted by atomic mass is 10.0. The first kappa shape index (κ1) is 17.2. The lowest BCUT2D eigenvalue weighted by Crippen LogP contribution is -2.29. The molecule has 5 nitrogen and oxygen atoms in total. The van der Waals surface area contributed by atoms with Gasteiger partial charge in [0, 0.05) is 17.5 Å². The molecule has 0 radical (unpaired) electrons. The number of amidine groups is 1. The number of fused-ring (bicyclic) bond motifs is 3. The summed E-state index contributed by atoms with van der Waals surface area (Å²) in [6, 6.07) is 15.0. The smallest absolute Gasteiger partial charge is 0.263 e. The quantitative estimate of drug-likeness (QED) is 0.548. The van der Waals surface area contributed by atoms with E-state index in [4.69, 9.17) is 0 Å². The van der Waals surface area contributed by atoms with Crippen LogP contribution in [0.3, 0.4) is 0 Å². The number of pyridine rings is 2. The van der Waals surface area contributed by atoms with Crippen LogP contribution in [0.2, 0.25) is 0 Å². The molecule has 1 aliphatic rings. The summed E-state index contributed by atoms with van der Waals surface area (Å²) in [4.78, 5) is 30.7. The molecule has 0 spiro atoms. The van der Waals surface area contributed by atoms with E-state index in [0.717, 1.165) is 21.4 Å². The van der Waals surface area contributed by atoms with Crippen molar-refractivity contribution in [3.63, 3.8) is 0 Å². The van der Waals surface area contributed by atoms with Crippen LogP contribution in [0.15, 0.2) is 69.9 Å². The van der Waals surface area contributed by atoms with E-state index in [-0.39, 0.29) is 11.5 Å². The van der Waals surface area contributed by atoms with Crippen LogP contribution in [0.25, 0.3) is 26.7 Å². The van der Waals surface area contributed by atoms with Crippen LogP contribution in [0, 0.1) is 0 Å². The summed E-state index contributed by atoms with van der Waals surface area (Å²) in [5.74, 6) is 0.624. The zero-order valence-corrected chi connectivity index (χ0v) is 16.3. The van der Waals surface area contributed by atoms with Gasteiger partial charge in [0.05, 0.1) is 22.3 Å². The van der Waals surface area contributed by atoms with Crippen molar-refractivity contribution >= 4 is 49.8 Å². The van der Waals surface area contributed by atoms with Gasteiger partial charge in [0.25, 0.3) is 11.5 Å². The van der Waals surface area contributed by atoms with E-state index in [1.54, 1.807) is 16.7 Å². The third-order valence-electron chi connectivity index (χ3n) is 4.68. The molecular weight excluding hydrogens is 390 g/mol. The number of nitrogens with one attached hydrogen (secondary N) is 1. The van der Waals surface area contributed by atoms with Gasteiger partial charge in [-0.15, -0.1) is 11.3 Å². The van der Waals surface area contributed by atoms with Gasteiger partial charge in [0.1, 0.15) is 0 Å². The van der Waals surface area contributed by atoms with Crippen LogP contribution in [-0.4, -0.2) is 27.8 Å². The van der Waals surface area contributed by atoms with Crippen molar-refractivity contribution in [2.45, 2.75) is 0 Å². The highest BCUT2D eigenvalue weighted by molar-refractivity contribution is 8.14. The second kappa shape index (κ2) is 6.92. The van der Waals surface area contributed by atoms with Gasteiger partial charge < -0.3 is 5.32 Å². The standard InChI is InChI=1S/C21H15N3O2S2/c25-19(23-21-22-8-11-28-21)16-12-15(13-4-2-1-3-5-13)20(26)24-9-6-14-7-10-27-18(14)17(16)24/h1-7,9-10,12H,8,11H2,(H,22,23,25). The Morgan fingerprint density at radius 1 is 1.14 bits per heavy atom. The molecule has 28 heavy (non-hydrogen) atoms. The highest BCUT2D eigenvalue weighted by Gasteiger charge is 2.20. The summed E-state index contributed by atoms with van der Waals surface area (Å²) in [5, 5.41) is 6.52. The monoisotopic (exact) mass is 405 g/mol. The number of aromatic nitrogens is 1. The molecule has 4 heterocycles. The fourth-order valence-electron chi connectivity index (χ4n) is 3.38. The first-order chi connectivity index (χ1) is 13.7. The minimum Gasteiger partial charge on any atom is -0.301 e. The SMILES string of the molecule is O=C(NC1=NCCS1)c1cc(-c2ccccc2)c(=O)n2ccc3ccsc3c12. The maximum absolute atomic E-state index is 13.2. The number of aliphatic imine (C=N–C) groups is 1. The van der Waals surface area contributed by atoms with Crippen LogP contribution in [0.5, 0.6) is 0 Å². The molecular formula is C21H15N3O2S2. The molecule has 5 rings (SSSR count). The summed E-state index contributed by atoms with van der Waals surface area (Å²) < 4.78 is 2.50. The van der Waals surface area contributed by atoms with Crippen molar-refractivity contribution in [1.29, 1.82) is 0 Å². The Labute approximate surface area is 168 Å². The van der Waals surface area contributed by atoms with Crippen molar-refractivity contribution in [1.82, 2.24) is 9.72 Å². The Kier molecular flexibility index (Phi) is 4.26. The van der Waals surface area contributed by atoms with E-state index >= 15 is 0 Å². The fourth-order valence-corrected chi connectivity index (χ4v) is 5.05. The number of hydrogen-bond donors (Lipinski definition) is 1. The molecule has 0 saturated carbocycles. The fraction of sp³-hybridized carbons (Fsp3) is 0.0952. The molecule has 1 aromatic carbocycles. The van der Waals surface area contributed by atoms with Crippen LogP contribution in [-0.2, 0) is 0 Å². The van der Waals surface area contributed by atoms with E-state index in [0.29, 0.717) is 28.4 Å². The molecule has 0 bridgehead atoms. The summed E-state index contributed by atoms with van der Waals surface area (Å²) in [6.45, 7) is 0.708. The number of thiophene rings is 1. The molecule has 1 amide bonds. The average Bonchev–Trinajstić information content (AvgIpc) is 3.40. The Morgan fingerprint density at radius 3 is 2.79 bits per heavy atom. The summed E-state index contributed by atoms with van der Waals surface area (Å²) in [6.07, 6.45) is 1.75. The largest absolute Gasteiger partial charge is 0.301 e. The van der Waals surface area contributed by atoms with E-state index in [1.807, 2.05) is 47.8 Å². The second-order valence-electron chi connectivity index (χ2n) is 6.37. The Morgan fingerprint density at radius 2 is 2.00 bits per heavy atom. The average molecular weight is 406 g/mol. The number of benzene rings is 1. The molecule has 0 unspecified atom stereocenters. The number of amides is 1. The zero-order valence-electron chi connectivity index (χ0n) is 14.7. The lowest BCUT2D eigenvalue weighted by molar-refractivity contribution is 0.0979. The van der Waals surface area contributed by atoms with Gasteiger partial charge in [-0.2, -0.15) is 0 Å². The second-order valence-corrected chi connectivity index (χ2v) is 8.37. The summed E-state index contributed by atoms with van der Waals surface area (Å²) >= 11 is 3.06. The van der Waals surface area contributed by atoms with Crippen molar-refractivity contribution in [2.24, 2.45) is 4.99 Å². The molecule has 3 aromatic heterocycles. The van der Waals surface area contributed by atoms with Crippen molar-refractivity contribution in [2.75, 3.05) is 12.3 Å². The molecule has 0 aliphatic carbocycles.